The number of hydrogen-bond acceptors (Lipinski definition) is 1. The maximum absolute atomic E-state index is 5.95. The van der Waals surface area contributed by atoms with Crippen LogP contribution in [-0.2, 0) is 0 Å². The monoisotopic (exact) mass is 357 g/mol. The Morgan fingerprint density at radius 1 is 0.905 bits per heavy atom. The first kappa shape index (κ1) is 14.3. The maximum Gasteiger partial charge on any atom is 0.0723 e. The van der Waals surface area contributed by atoms with Gasteiger partial charge in [-0.25, -0.2) is 4.98 Å². The van der Waals surface area contributed by atoms with Crippen LogP contribution in [0.3, 0.4) is 0 Å². The molecule has 0 aliphatic carbocycles. The van der Waals surface area contributed by atoms with Crippen molar-refractivity contribution in [1.82, 2.24) is 4.98 Å². The fourth-order valence-electron chi connectivity index (χ4n) is 2.26. The minimum absolute atomic E-state index is 0.730. The molecule has 3 rings (SSSR count). The molecule has 21 heavy (non-hydrogen) atoms. The molecule has 3 aromatic rings. The molecule has 0 aliphatic rings. The third-order valence-electron chi connectivity index (χ3n) is 3.35. The fraction of sp³-hybridized carbons (Fsp3) is 0.0556. The molecule has 1 nitrogen and oxygen atoms in total. The molecule has 1 aromatic heterocycles. The molecule has 0 atom stereocenters. The molecule has 0 bridgehead atoms. The number of rotatable bonds is 2. The van der Waals surface area contributed by atoms with E-state index in [9.17, 15) is 0 Å². The van der Waals surface area contributed by atoms with Gasteiger partial charge in [0, 0.05) is 20.6 Å². The van der Waals surface area contributed by atoms with Crippen LogP contribution in [0.25, 0.3) is 22.5 Å². The third kappa shape index (κ3) is 3.17. The topological polar surface area (TPSA) is 12.9 Å². The highest BCUT2D eigenvalue weighted by atomic mass is 79.9. The van der Waals surface area contributed by atoms with Crippen LogP contribution < -0.4 is 0 Å². The SMILES string of the molecule is Cc1ccccc1-c1cc(Br)cc(-c2ccc(Cl)cc2)n1. The molecule has 0 unspecified atom stereocenters. The van der Waals surface area contributed by atoms with Gasteiger partial charge in [0.05, 0.1) is 11.4 Å². The molecule has 0 N–H and O–H groups in total. The van der Waals surface area contributed by atoms with Crippen LogP contribution >= 0.6 is 27.5 Å². The van der Waals surface area contributed by atoms with Gasteiger partial charge in [0.1, 0.15) is 0 Å². The fourth-order valence-corrected chi connectivity index (χ4v) is 2.82. The molecule has 0 spiro atoms. The van der Waals surface area contributed by atoms with Crippen molar-refractivity contribution in [3.63, 3.8) is 0 Å². The van der Waals surface area contributed by atoms with Crippen LogP contribution in [0.1, 0.15) is 5.56 Å². The number of aryl methyl sites for hydroxylation is 1. The molecule has 3 heteroatoms. The molecule has 0 fully saturated rings. The predicted molar refractivity (Wildman–Crippen MR) is 92.6 cm³/mol. The molecule has 1 heterocycles. The lowest BCUT2D eigenvalue weighted by atomic mass is 10.0. The second kappa shape index (κ2) is 6.00. The van der Waals surface area contributed by atoms with Crippen molar-refractivity contribution in [3.05, 3.63) is 75.7 Å². The van der Waals surface area contributed by atoms with E-state index in [4.69, 9.17) is 16.6 Å². The van der Waals surface area contributed by atoms with E-state index in [2.05, 4.69) is 35.0 Å². The van der Waals surface area contributed by atoms with Crippen molar-refractivity contribution in [2.24, 2.45) is 0 Å². The first-order valence-electron chi connectivity index (χ1n) is 6.63. The molecule has 2 aromatic carbocycles. The second-order valence-electron chi connectivity index (χ2n) is 4.88. The van der Waals surface area contributed by atoms with Crippen LogP contribution in [0.15, 0.2) is 65.1 Å². The van der Waals surface area contributed by atoms with Gasteiger partial charge in [-0.3, -0.25) is 0 Å². The lowest BCUT2D eigenvalue weighted by Crippen LogP contribution is -1.90. The minimum atomic E-state index is 0.730. The molecular formula is C18H13BrClN. The molecule has 0 amide bonds. The average Bonchev–Trinajstić information content (AvgIpc) is 2.48. The summed E-state index contributed by atoms with van der Waals surface area (Å²) in [6.45, 7) is 2.10. The largest absolute Gasteiger partial charge is 0.248 e. The highest BCUT2D eigenvalue weighted by molar-refractivity contribution is 9.10. The first-order chi connectivity index (χ1) is 10.1. The second-order valence-corrected chi connectivity index (χ2v) is 6.23. The van der Waals surface area contributed by atoms with Gasteiger partial charge in [0.15, 0.2) is 0 Å². The first-order valence-corrected chi connectivity index (χ1v) is 7.80. The van der Waals surface area contributed by atoms with Crippen molar-refractivity contribution in [2.75, 3.05) is 0 Å². The average molecular weight is 359 g/mol. The lowest BCUT2D eigenvalue weighted by Gasteiger charge is -2.09. The highest BCUT2D eigenvalue weighted by Crippen LogP contribution is 2.29. The minimum Gasteiger partial charge on any atom is -0.248 e. The van der Waals surface area contributed by atoms with Crippen molar-refractivity contribution in [1.29, 1.82) is 0 Å². The summed E-state index contributed by atoms with van der Waals surface area (Å²) in [6, 6.07) is 20.1. The van der Waals surface area contributed by atoms with Crippen LogP contribution in [0.4, 0.5) is 0 Å². The maximum atomic E-state index is 5.95. The number of aromatic nitrogens is 1. The number of benzene rings is 2. The Morgan fingerprint density at radius 2 is 1.57 bits per heavy atom. The summed E-state index contributed by atoms with van der Waals surface area (Å²) in [5, 5.41) is 0.730. The standard InChI is InChI=1S/C18H13BrClN/c1-12-4-2-3-5-16(12)18-11-14(19)10-17(21-18)13-6-8-15(20)9-7-13/h2-11H,1H3. The summed E-state index contributed by atoms with van der Waals surface area (Å²) in [6.07, 6.45) is 0. The van der Waals surface area contributed by atoms with E-state index < -0.39 is 0 Å². The Bertz CT molecular complexity index is 781. The highest BCUT2D eigenvalue weighted by Gasteiger charge is 2.07. The summed E-state index contributed by atoms with van der Waals surface area (Å²) in [4.78, 5) is 4.79. The Balaban J connectivity index is 2.13. The van der Waals surface area contributed by atoms with Gasteiger partial charge < -0.3 is 0 Å². The van der Waals surface area contributed by atoms with E-state index in [1.807, 2.05) is 48.5 Å². The van der Waals surface area contributed by atoms with Crippen molar-refractivity contribution in [2.45, 2.75) is 6.92 Å². The Morgan fingerprint density at radius 3 is 2.29 bits per heavy atom. The van der Waals surface area contributed by atoms with E-state index in [-0.39, 0.29) is 0 Å². The molecule has 0 saturated carbocycles. The van der Waals surface area contributed by atoms with Crippen molar-refractivity contribution < 1.29 is 0 Å². The molecule has 104 valence electrons. The molecule has 0 saturated heterocycles. The number of hydrogen-bond donors (Lipinski definition) is 0. The Labute approximate surface area is 137 Å². The van der Waals surface area contributed by atoms with E-state index >= 15 is 0 Å². The van der Waals surface area contributed by atoms with Gasteiger partial charge in [-0.15, -0.1) is 0 Å². The summed E-state index contributed by atoms with van der Waals surface area (Å²) in [5.74, 6) is 0. The Kier molecular flexibility index (Phi) is 4.09. The van der Waals surface area contributed by atoms with Crippen LogP contribution in [-0.4, -0.2) is 4.98 Å². The van der Waals surface area contributed by atoms with Gasteiger partial charge in [0.2, 0.25) is 0 Å². The van der Waals surface area contributed by atoms with Crippen LogP contribution in [0.5, 0.6) is 0 Å². The zero-order valence-corrected chi connectivity index (χ0v) is 13.8. The summed E-state index contributed by atoms with van der Waals surface area (Å²) < 4.78 is 1.01. The van der Waals surface area contributed by atoms with Gasteiger partial charge >= 0.3 is 0 Å². The zero-order valence-electron chi connectivity index (χ0n) is 11.5. The summed E-state index contributed by atoms with van der Waals surface area (Å²) >= 11 is 9.53. The van der Waals surface area contributed by atoms with E-state index in [0.29, 0.717) is 0 Å². The molecule has 0 radical (unpaired) electrons. The number of pyridine rings is 1. The third-order valence-corrected chi connectivity index (χ3v) is 4.06. The Hall–Kier alpha value is -1.64. The molecule has 0 aliphatic heterocycles. The van der Waals surface area contributed by atoms with Gasteiger partial charge in [0.25, 0.3) is 0 Å². The van der Waals surface area contributed by atoms with Gasteiger partial charge in [-0.05, 0) is 36.8 Å². The van der Waals surface area contributed by atoms with Crippen LogP contribution in [0, 0.1) is 6.92 Å². The van der Waals surface area contributed by atoms with Gasteiger partial charge in [-0.2, -0.15) is 0 Å². The lowest BCUT2D eigenvalue weighted by molar-refractivity contribution is 1.29. The van der Waals surface area contributed by atoms with Crippen molar-refractivity contribution in [3.8, 4) is 22.5 Å². The number of nitrogens with zero attached hydrogens (tertiary/aromatic N) is 1. The van der Waals surface area contributed by atoms with Crippen LogP contribution in [0.2, 0.25) is 5.02 Å². The number of halogens is 2. The van der Waals surface area contributed by atoms with Gasteiger partial charge in [-0.1, -0.05) is 63.9 Å². The molecular weight excluding hydrogens is 346 g/mol. The van der Waals surface area contributed by atoms with E-state index in [0.717, 1.165) is 32.0 Å². The summed E-state index contributed by atoms with van der Waals surface area (Å²) in [5.41, 5.74) is 5.31. The predicted octanol–water partition coefficient (Wildman–Crippen LogP) is 6.14. The smallest absolute Gasteiger partial charge is 0.0723 e. The summed E-state index contributed by atoms with van der Waals surface area (Å²) in [7, 11) is 0. The van der Waals surface area contributed by atoms with E-state index in [1.54, 1.807) is 0 Å². The normalized spacial score (nSPS) is 10.6. The quantitative estimate of drug-likeness (QED) is 0.536. The zero-order chi connectivity index (χ0) is 14.8. The van der Waals surface area contributed by atoms with E-state index in [1.165, 1.54) is 5.56 Å². The van der Waals surface area contributed by atoms with Crippen molar-refractivity contribution >= 4 is 27.5 Å².